The molecule has 1 heterocycles. The molecule has 0 fully saturated rings. The number of nitrogens with one attached hydrogen (secondary N) is 1. The van der Waals surface area contributed by atoms with Gasteiger partial charge in [0.05, 0.1) is 10.7 Å². The van der Waals surface area contributed by atoms with Crippen LogP contribution in [-0.4, -0.2) is 11.0 Å². The summed E-state index contributed by atoms with van der Waals surface area (Å²) in [5, 5.41) is 7.04. The van der Waals surface area contributed by atoms with Gasteiger partial charge >= 0.3 is 0 Å². The van der Waals surface area contributed by atoms with Gasteiger partial charge in [-0.3, -0.25) is 0 Å². The molecule has 2 atom stereocenters. The van der Waals surface area contributed by atoms with Crippen LogP contribution in [0.3, 0.4) is 0 Å². The van der Waals surface area contributed by atoms with E-state index in [4.69, 9.17) is 0 Å². The fraction of sp³-hybridized carbons (Fsp3) is 0.769. The second-order valence-corrected chi connectivity index (χ2v) is 5.39. The molecule has 0 spiro atoms. The molecule has 1 rings (SSSR count). The van der Waals surface area contributed by atoms with Crippen molar-refractivity contribution in [3.05, 3.63) is 16.1 Å². The van der Waals surface area contributed by atoms with Crippen molar-refractivity contribution in [2.45, 2.75) is 65.5 Å². The first-order valence-corrected chi connectivity index (χ1v) is 7.25. The van der Waals surface area contributed by atoms with E-state index in [1.165, 1.54) is 30.0 Å². The molecule has 0 bridgehead atoms. The summed E-state index contributed by atoms with van der Waals surface area (Å²) in [5.74, 6) is 0. The van der Waals surface area contributed by atoms with Gasteiger partial charge in [-0.2, -0.15) is 0 Å². The molecule has 1 aromatic rings. The molecule has 1 aromatic heterocycles. The number of hydrogen-bond donors (Lipinski definition) is 1. The van der Waals surface area contributed by atoms with Gasteiger partial charge in [-0.25, -0.2) is 4.98 Å². The largest absolute Gasteiger partial charge is 0.306 e. The smallest absolute Gasteiger partial charge is 0.0926 e. The lowest BCUT2D eigenvalue weighted by atomic mass is 10.1. The van der Waals surface area contributed by atoms with Gasteiger partial charge in [0.1, 0.15) is 0 Å². The first-order chi connectivity index (χ1) is 7.67. The Kier molecular flexibility index (Phi) is 5.99. The molecule has 0 amide bonds. The number of rotatable bonds is 7. The van der Waals surface area contributed by atoms with Crippen LogP contribution in [0.15, 0.2) is 5.38 Å². The molecule has 0 aromatic carbocycles. The van der Waals surface area contributed by atoms with Crippen LogP contribution < -0.4 is 5.32 Å². The van der Waals surface area contributed by atoms with Crippen molar-refractivity contribution in [2.24, 2.45) is 0 Å². The highest BCUT2D eigenvalue weighted by molar-refractivity contribution is 7.09. The molecule has 0 aliphatic rings. The van der Waals surface area contributed by atoms with E-state index in [1.54, 1.807) is 11.3 Å². The number of unbranched alkanes of at least 4 members (excludes halogenated alkanes) is 1. The van der Waals surface area contributed by atoms with Gasteiger partial charge in [0.15, 0.2) is 0 Å². The summed E-state index contributed by atoms with van der Waals surface area (Å²) in [4.78, 5) is 4.62. The average molecular weight is 240 g/mol. The lowest BCUT2D eigenvalue weighted by molar-refractivity contribution is 0.440. The van der Waals surface area contributed by atoms with Crippen molar-refractivity contribution in [1.82, 2.24) is 10.3 Å². The summed E-state index contributed by atoms with van der Waals surface area (Å²) in [6, 6.07) is 0.963. The van der Waals surface area contributed by atoms with E-state index in [9.17, 15) is 0 Å². The van der Waals surface area contributed by atoms with Crippen molar-refractivity contribution in [2.75, 3.05) is 0 Å². The number of nitrogens with zero attached hydrogens (tertiary/aromatic N) is 1. The highest BCUT2D eigenvalue weighted by Gasteiger charge is 2.11. The zero-order chi connectivity index (χ0) is 12.0. The second kappa shape index (κ2) is 7.02. The standard InChI is InChI=1S/C13H24N2S/c1-5-7-8-10(3)14-11(4)12-9-16-13(6-2)15-12/h9-11,14H,5-8H2,1-4H3. The summed E-state index contributed by atoms with van der Waals surface area (Å²) < 4.78 is 0. The topological polar surface area (TPSA) is 24.9 Å². The molecular formula is C13H24N2S. The van der Waals surface area contributed by atoms with Gasteiger partial charge in [-0.1, -0.05) is 26.7 Å². The zero-order valence-electron chi connectivity index (χ0n) is 10.9. The van der Waals surface area contributed by atoms with E-state index in [0.717, 1.165) is 6.42 Å². The third-order valence-corrected chi connectivity index (χ3v) is 3.85. The Bertz CT molecular complexity index is 296. The summed E-state index contributed by atoms with van der Waals surface area (Å²) in [6.45, 7) is 8.87. The SMILES string of the molecule is CCCCC(C)NC(C)c1csc(CC)n1. The van der Waals surface area contributed by atoms with E-state index in [0.29, 0.717) is 12.1 Å². The molecule has 0 aliphatic heterocycles. The van der Waals surface area contributed by atoms with Crippen LogP contribution in [0.5, 0.6) is 0 Å². The maximum Gasteiger partial charge on any atom is 0.0926 e. The maximum atomic E-state index is 4.62. The Hall–Kier alpha value is -0.410. The molecule has 1 N–H and O–H groups in total. The molecule has 0 saturated heterocycles. The molecular weight excluding hydrogens is 216 g/mol. The highest BCUT2D eigenvalue weighted by Crippen LogP contribution is 2.18. The quantitative estimate of drug-likeness (QED) is 0.781. The number of thiazole rings is 1. The molecule has 0 saturated carbocycles. The van der Waals surface area contributed by atoms with E-state index in [2.05, 4.69) is 43.4 Å². The fourth-order valence-electron chi connectivity index (χ4n) is 1.79. The Morgan fingerprint density at radius 3 is 2.69 bits per heavy atom. The molecule has 0 aliphatic carbocycles. The summed E-state index contributed by atoms with van der Waals surface area (Å²) in [5.41, 5.74) is 1.20. The molecule has 2 unspecified atom stereocenters. The van der Waals surface area contributed by atoms with Crippen LogP contribution in [0.1, 0.15) is 63.7 Å². The molecule has 3 heteroatoms. The number of aromatic nitrogens is 1. The monoisotopic (exact) mass is 240 g/mol. The molecule has 2 nitrogen and oxygen atoms in total. The van der Waals surface area contributed by atoms with Crippen molar-refractivity contribution in [3.63, 3.8) is 0 Å². The Labute approximate surface area is 103 Å². The minimum Gasteiger partial charge on any atom is -0.306 e. The van der Waals surface area contributed by atoms with E-state index >= 15 is 0 Å². The minimum atomic E-state index is 0.378. The third-order valence-electron chi connectivity index (χ3n) is 2.84. The maximum absolute atomic E-state index is 4.62. The van der Waals surface area contributed by atoms with Gasteiger partial charge in [0, 0.05) is 17.5 Å². The molecule has 92 valence electrons. The third kappa shape index (κ3) is 4.22. The minimum absolute atomic E-state index is 0.378. The predicted octanol–water partition coefficient (Wildman–Crippen LogP) is 3.93. The van der Waals surface area contributed by atoms with Crippen LogP contribution in [0, 0.1) is 0 Å². The number of hydrogen-bond acceptors (Lipinski definition) is 3. The fourth-order valence-corrected chi connectivity index (χ4v) is 2.63. The molecule has 16 heavy (non-hydrogen) atoms. The normalized spacial score (nSPS) is 15.0. The van der Waals surface area contributed by atoms with Gasteiger partial charge < -0.3 is 5.32 Å². The summed E-state index contributed by atoms with van der Waals surface area (Å²) in [6.07, 6.45) is 4.88. The van der Waals surface area contributed by atoms with Crippen LogP contribution in [0.25, 0.3) is 0 Å². The van der Waals surface area contributed by atoms with Crippen LogP contribution in [0.2, 0.25) is 0 Å². The van der Waals surface area contributed by atoms with Gasteiger partial charge in [0.2, 0.25) is 0 Å². The lowest BCUT2D eigenvalue weighted by Crippen LogP contribution is -2.29. The summed E-state index contributed by atoms with van der Waals surface area (Å²) >= 11 is 1.77. The van der Waals surface area contributed by atoms with Crippen LogP contribution >= 0.6 is 11.3 Å². The van der Waals surface area contributed by atoms with Crippen molar-refractivity contribution < 1.29 is 0 Å². The van der Waals surface area contributed by atoms with E-state index in [-0.39, 0.29) is 0 Å². The van der Waals surface area contributed by atoms with Crippen LogP contribution in [0.4, 0.5) is 0 Å². The summed E-state index contributed by atoms with van der Waals surface area (Å²) in [7, 11) is 0. The van der Waals surface area contributed by atoms with Gasteiger partial charge in [0.25, 0.3) is 0 Å². The molecule has 0 radical (unpaired) electrons. The Morgan fingerprint density at radius 1 is 1.38 bits per heavy atom. The Balaban J connectivity index is 2.41. The first-order valence-electron chi connectivity index (χ1n) is 6.37. The van der Waals surface area contributed by atoms with Gasteiger partial charge in [-0.15, -0.1) is 11.3 Å². The van der Waals surface area contributed by atoms with E-state index < -0.39 is 0 Å². The predicted molar refractivity (Wildman–Crippen MR) is 72.0 cm³/mol. The highest BCUT2D eigenvalue weighted by atomic mass is 32.1. The van der Waals surface area contributed by atoms with Crippen molar-refractivity contribution in [3.8, 4) is 0 Å². The van der Waals surface area contributed by atoms with Crippen LogP contribution in [-0.2, 0) is 6.42 Å². The van der Waals surface area contributed by atoms with Crippen molar-refractivity contribution >= 4 is 11.3 Å². The average Bonchev–Trinajstić information content (AvgIpc) is 2.74. The number of aryl methyl sites for hydroxylation is 1. The van der Waals surface area contributed by atoms with Crippen molar-refractivity contribution in [1.29, 1.82) is 0 Å². The Morgan fingerprint density at radius 2 is 2.12 bits per heavy atom. The first kappa shape index (κ1) is 13.7. The zero-order valence-corrected chi connectivity index (χ0v) is 11.7. The van der Waals surface area contributed by atoms with Gasteiger partial charge in [-0.05, 0) is 26.7 Å². The lowest BCUT2D eigenvalue weighted by Gasteiger charge is -2.18. The second-order valence-electron chi connectivity index (χ2n) is 4.45. The van der Waals surface area contributed by atoms with E-state index in [1.807, 2.05) is 0 Å².